The molecule has 232 valence electrons. The van der Waals surface area contributed by atoms with Crippen molar-refractivity contribution < 1.29 is 14.4 Å². The van der Waals surface area contributed by atoms with Crippen LogP contribution in [0, 0.1) is 6.92 Å². The second-order valence-corrected chi connectivity index (χ2v) is 12.4. The number of aryl methyl sites for hydroxylation is 2. The van der Waals surface area contributed by atoms with Crippen LogP contribution < -0.4 is 10.2 Å². The van der Waals surface area contributed by atoms with Crippen molar-refractivity contribution in [2.45, 2.75) is 26.4 Å². The van der Waals surface area contributed by atoms with Crippen LogP contribution in [0.1, 0.15) is 33.5 Å². The van der Waals surface area contributed by atoms with Crippen molar-refractivity contribution in [3.63, 3.8) is 0 Å². The molecule has 0 spiro atoms. The zero-order chi connectivity index (χ0) is 31.5. The van der Waals surface area contributed by atoms with E-state index >= 15 is 0 Å². The molecule has 11 heteroatoms. The van der Waals surface area contributed by atoms with E-state index in [1.54, 1.807) is 0 Å². The standard InChI is InChI=1S/C35H34N8O3/c1-22-15-25(24-4-6-28-29-19-36-9-7-30(29)39(2)31(28)17-24)18-37-33(22)41-13-11-40(12-14-41)20-23-3-5-27-26(16-23)21-43(34(27)45)42-10-8-32(44)38-35(42)46/h3-7,9,15-19H,8,10-14,20-21H2,1-2H3,(H,38,44,46). The van der Waals surface area contributed by atoms with Gasteiger partial charge in [0.1, 0.15) is 5.82 Å². The van der Waals surface area contributed by atoms with Gasteiger partial charge in [-0.05, 0) is 53.4 Å². The largest absolute Gasteiger partial charge is 0.354 e. The van der Waals surface area contributed by atoms with Crippen LogP contribution in [0.2, 0.25) is 0 Å². The fourth-order valence-corrected chi connectivity index (χ4v) is 7.10. The Morgan fingerprint density at radius 2 is 1.67 bits per heavy atom. The molecular formula is C35H34N8O3. The molecule has 2 saturated heterocycles. The predicted molar refractivity (Wildman–Crippen MR) is 175 cm³/mol. The molecule has 11 nitrogen and oxygen atoms in total. The highest BCUT2D eigenvalue weighted by Crippen LogP contribution is 2.33. The second-order valence-electron chi connectivity index (χ2n) is 12.4. The zero-order valence-corrected chi connectivity index (χ0v) is 25.9. The maximum absolute atomic E-state index is 13.0. The predicted octanol–water partition coefficient (Wildman–Crippen LogP) is 4.23. The third-order valence-corrected chi connectivity index (χ3v) is 9.55. The van der Waals surface area contributed by atoms with Crippen molar-refractivity contribution in [3.8, 4) is 11.1 Å². The molecule has 0 aliphatic carbocycles. The van der Waals surface area contributed by atoms with Crippen LogP contribution in [-0.2, 0) is 24.9 Å². The Hall–Kier alpha value is -5.29. The SMILES string of the molecule is Cc1cc(-c2ccc3c4cnccc4n(C)c3c2)cnc1N1CCN(Cc2ccc3c(c2)CN(N2CCC(=O)NC2=O)C3=O)CC1. The van der Waals surface area contributed by atoms with Crippen LogP contribution in [0.25, 0.3) is 32.9 Å². The molecule has 0 radical (unpaired) electrons. The number of pyridine rings is 2. The highest BCUT2D eigenvalue weighted by atomic mass is 16.2. The number of nitrogens with one attached hydrogen (secondary N) is 1. The molecule has 3 aromatic heterocycles. The first-order chi connectivity index (χ1) is 22.3. The fraction of sp³-hybridized carbons (Fsp3) is 0.286. The number of hydrogen-bond acceptors (Lipinski definition) is 7. The summed E-state index contributed by atoms with van der Waals surface area (Å²) in [6, 6.07) is 16.3. The van der Waals surface area contributed by atoms with Gasteiger partial charge in [0.2, 0.25) is 5.91 Å². The van der Waals surface area contributed by atoms with Gasteiger partial charge in [-0.1, -0.05) is 24.3 Å². The molecule has 2 aromatic carbocycles. The van der Waals surface area contributed by atoms with Crippen molar-refractivity contribution in [3.05, 3.63) is 89.4 Å². The summed E-state index contributed by atoms with van der Waals surface area (Å²) in [5, 5.41) is 7.44. The van der Waals surface area contributed by atoms with Crippen LogP contribution in [0.5, 0.6) is 0 Å². The highest BCUT2D eigenvalue weighted by molar-refractivity contribution is 6.08. The van der Waals surface area contributed by atoms with Crippen LogP contribution in [0.3, 0.4) is 0 Å². The van der Waals surface area contributed by atoms with Crippen molar-refractivity contribution in [1.29, 1.82) is 0 Å². The number of piperazine rings is 1. The number of rotatable bonds is 5. The molecule has 0 bridgehead atoms. The molecule has 46 heavy (non-hydrogen) atoms. The number of fused-ring (bicyclic) bond motifs is 4. The smallest absolute Gasteiger partial charge is 0.342 e. The highest BCUT2D eigenvalue weighted by Gasteiger charge is 2.37. The van der Waals surface area contributed by atoms with Crippen molar-refractivity contribution in [2.75, 3.05) is 37.6 Å². The first-order valence-corrected chi connectivity index (χ1v) is 15.7. The second kappa shape index (κ2) is 11.0. The average molecular weight is 615 g/mol. The van der Waals surface area contributed by atoms with E-state index in [0.717, 1.165) is 71.7 Å². The van der Waals surface area contributed by atoms with E-state index in [1.807, 2.05) is 30.7 Å². The Labute approximate surface area is 266 Å². The molecule has 1 N–H and O–H groups in total. The van der Waals surface area contributed by atoms with Gasteiger partial charge in [0, 0.05) is 92.2 Å². The summed E-state index contributed by atoms with van der Waals surface area (Å²) >= 11 is 0. The minimum atomic E-state index is -0.546. The number of carbonyl (C=O) groups is 3. The quantitative estimate of drug-likeness (QED) is 0.316. The van der Waals surface area contributed by atoms with Gasteiger partial charge in [-0.2, -0.15) is 0 Å². The monoisotopic (exact) mass is 614 g/mol. The number of aromatic nitrogens is 3. The molecule has 0 unspecified atom stereocenters. The van der Waals surface area contributed by atoms with E-state index < -0.39 is 6.03 Å². The number of urea groups is 1. The molecule has 6 heterocycles. The lowest BCUT2D eigenvalue weighted by Gasteiger charge is -2.36. The normalized spacial score (nSPS) is 17.3. The lowest BCUT2D eigenvalue weighted by atomic mass is 10.0. The number of benzene rings is 2. The van der Waals surface area contributed by atoms with E-state index in [4.69, 9.17) is 4.98 Å². The van der Waals surface area contributed by atoms with Crippen molar-refractivity contribution in [1.82, 2.24) is 34.8 Å². The molecule has 0 atom stereocenters. The topological polar surface area (TPSA) is 107 Å². The Morgan fingerprint density at radius 3 is 2.48 bits per heavy atom. The molecule has 5 aromatic rings. The van der Waals surface area contributed by atoms with Crippen molar-refractivity contribution in [2.24, 2.45) is 7.05 Å². The Morgan fingerprint density at radius 1 is 0.826 bits per heavy atom. The third-order valence-electron chi connectivity index (χ3n) is 9.55. The lowest BCUT2D eigenvalue weighted by molar-refractivity contribution is -0.123. The van der Waals surface area contributed by atoms with E-state index in [-0.39, 0.29) is 24.8 Å². The van der Waals surface area contributed by atoms with Gasteiger partial charge in [-0.25, -0.2) is 19.8 Å². The van der Waals surface area contributed by atoms with Gasteiger partial charge in [-0.15, -0.1) is 0 Å². The summed E-state index contributed by atoms with van der Waals surface area (Å²) in [6.45, 7) is 7.01. The summed E-state index contributed by atoms with van der Waals surface area (Å²) in [6.07, 6.45) is 5.94. The Bertz CT molecular complexity index is 2060. The van der Waals surface area contributed by atoms with Gasteiger partial charge in [-0.3, -0.25) is 24.8 Å². The maximum atomic E-state index is 13.0. The molecule has 4 amide bonds. The zero-order valence-electron chi connectivity index (χ0n) is 25.9. The van der Waals surface area contributed by atoms with Gasteiger partial charge in [0.05, 0.1) is 18.6 Å². The molecule has 0 saturated carbocycles. The van der Waals surface area contributed by atoms with Gasteiger partial charge >= 0.3 is 6.03 Å². The summed E-state index contributed by atoms with van der Waals surface area (Å²) in [4.78, 5) is 50.9. The summed E-state index contributed by atoms with van der Waals surface area (Å²) < 4.78 is 2.22. The van der Waals surface area contributed by atoms with Crippen LogP contribution in [-0.4, -0.2) is 80.0 Å². The number of anilines is 1. The molecule has 2 fully saturated rings. The van der Waals surface area contributed by atoms with Crippen LogP contribution >= 0.6 is 0 Å². The number of nitrogens with zero attached hydrogens (tertiary/aromatic N) is 7. The minimum absolute atomic E-state index is 0.183. The van der Waals surface area contributed by atoms with Crippen LogP contribution in [0.4, 0.5) is 10.6 Å². The third kappa shape index (κ3) is 4.74. The molecular weight excluding hydrogens is 580 g/mol. The number of hydrogen-bond donors (Lipinski definition) is 1. The molecule has 3 aliphatic rings. The number of amides is 4. The number of imide groups is 1. The van der Waals surface area contributed by atoms with E-state index in [2.05, 4.69) is 75.0 Å². The van der Waals surface area contributed by atoms with E-state index in [9.17, 15) is 14.4 Å². The van der Waals surface area contributed by atoms with Crippen molar-refractivity contribution >= 4 is 45.5 Å². The Kier molecular flexibility index (Phi) is 6.71. The van der Waals surface area contributed by atoms with Crippen LogP contribution in [0.15, 0.2) is 67.1 Å². The summed E-state index contributed by atoms with van der Waals surface area (Å²) in [7, 11) is 2.10. The van der Waals surface area contributed by atoms with Gasteiger partial charge < -0.3 is 9.47 Å². The van der Waals surface area contributed by atoms with E-state index in [0.29, 0.717) is 12.1 Å². The van der Waals surface area contributed by atoms with E-state index in [1.165, 1.54) is 26.4 Å². The van der Waals surface area contributed by atoms with Gasteiger partial charge in [0.15, 0.2) is 0 Å². The molecule has 3 aliphatic heterocycles. The maximum Gasteiger partial charge on any atom is 0.342 e. The lowest BCUT2D eigenvalue weighted by Crippen LogP contribution is -2.56. The summed E-state index contributed by atoms with van der Waals surface area (Å²) in [5.74, 6) is 0.504. The number of hydrazine groups is 1. The minimum Gasteiger partial charge on any atom is -0.354 e. The first-order valence-electron chi connectivity index (χ1n) is 15.7. The first kappa shape index (κ1) is 28.2. The number of carbonyl (C=O) groups excluding carboxylic acids is 3. The van der Waals surface area contributed by atoms with Gasteiger partial charge in [0.25, 0.3) is 5.91 Å². The Balaban J connectivity index is 0.920. The fourth-order valence-electron chi connectivity index (χ4n) is 7.10. The molecule has 8 rings (SSSR count). The average Bonchev–Trinajstić information content (AvgIpc) is 3.54. The summed E-state index contributed by atoms with van der Waals surface area (Å²) in [5.41, 5.74) is 8.41.